The van der Waals surface area contributed by atoms with E-state index in [4.69, 9.17) is 0 Å². The number of nitrogens with zero attached hydrogens (tertiary/aromatic N) is 3. The van der Waals surface area contributed by atoms with E-state index in [-0.39, 0.29) is 11.9 Å². The smallest absolute Gasteiger partial charge is 0.154 e. The summed E-state index contributed by atoms with van der Waals surface area (Å²) in [7, 11) is 0. The van der Waals surface area contributed by atoms with Gasteiger partial charge in [0.1, 0.15) is 11.6 Å². The van der Waals surface area contributed by atoms with Crippen molar-refractivity contribution in [2.75, 3.05) is 5.32 Å². The Labute approximate surface area is 139 Å². The van der Waals surface area contributed by atoms with Gasteiger partial charge >= 0.3 is 0 Å². The molecule has 0 amide bonds. The number of fused-ring (bicyclic) bond motifs is 1. The maximum atomic E-state index is 13.1. The van der Waals surface area contributed by atoms with Crippen LogP contribution in [0, 0.1) is 5.82 Å². The average molecular weight is 326 g/mol. The Hall–Kier alpha value is -2.47. The Balaban J connectivity index is 1.62. The Kier molecular flexibility index (Phi) is 3.90. The minimum absolute atomic E-state index is 0.169. The Bertz CT molecular complexity index is 838. The molecule has 0 aliphatic heterocycles. The van der Waals surface area contributed by atoms with Crippen molar-refractivity contribution in [1.82, 2.24) is 14.6 Å². The molecule has 124 valence electrons. The summed E-state index contributed by atoms with van der Waals surface area (Å²) in [6, 6.07) is 10.5. The van der Waals surface area contributed by atoms with Gasteiger partial charge in [0.25, 0.3) is 0 Å². The lowest BCUT2D eigenvalue weighted by molar-refractivity contribution is 0.126. The van der Waals surface area contributed by atoms with Crippen LogP contribution in [0.15, 0.2) is 42.6 Å². The Morgan fingerprint density at radius 2 is 1.79 bits per heavy atom. The fourth-order valence-electron chi connectivity index (χ4n) is 3.20. The molecule has 0 atom stereocenters. The maximum absolute atomic E-state index is 13.1. The molecule has 1 saturated carbocycles. The zero-order valence-electron chi connectivity index (χ0n) is 13.2. The van der Waals surface area contributed by atoms with Crippen molar-refractivity contribution in [1.29, 1.82) is 0 Å². The lowest BCUT2D eigenvalue weighted by Crippen LogP contribution is -2.28. The quantitative estimate of drug-likeness (QED) is 0.775. The molecule has 1 aromatic carbocycles. The van der Waals surface area contributed by atoms with Crippen LogP contribution in [-0.2, 0) is 0 Å². The van der Waals surface area contributed by atoms with Gasteiger partial charge in [-0.05, 0) is 62.1 Å². The molecular formula is C18H19FN4O. The van der Waals surface area contributed by atoms with Crippen LogP contribution in [0.1, 0.15) is 25.7 Å². The zero-order valence-corrected chi connectivity index (χ0v) is 13.2. The van der Waals surface area contributed by atoms with Gasteiger partial charge in [-0.25, -0.2) is 13.9 Å². The van der Waals surface area contributed by atoms with Gasteiger partial charge in [0, 0.05) is 11.6 Å². The second-order valence-corrected chi connectivity index (χ2v) is 6.29. The standard InChI is InChI=1S/C18H19FN4O/c19-13-3-1-12(2-4-13)16-11-20-18-10-9-17(22-23(16)18)21-14-5-7-15(24)8-6-14/h1-4,9-11,14-15,24H,5-8H2,(H,21,22)/t14-,15-. The third-order valence-corrected chi connectivity index (χ3v) is 4.55. The number of hydrogen-bond donors (Lipinski definition) is 2. The highest BCUT2D eigenvalue weighted by Crippen LogP contribution is 2.24. The third-order valence-electron chi connectivity index (χ3n) is 4.55. The molecule has 1 aliphatic rings. The first-order chi connectivity index (χ1) is 11.7. The minimum Gasteiger partial charge on any atom is -0.393 e. The van der Waals surface area contributed by atoms with E-state index < -0.39 is 0 Å². The Morgan fingerprint density at radius 3 is 2.54 bits per heavy atom. The van der Waals surface area contributed by atoms with Crippen molar-refractivity contribution in [2.45, 2.75) is 37.8 Å². The van der Waals surface area contributed by atoms with Crippen molar-refractivity contribution < 1.29 is 9.50 Å². The molecule has 2 N–H and O–H groups in total. The van der Waals surface area contributed by atoms with Crippen LogP contribution in [0.25, 0.3) is 16.9 Å². The van der Waals surface area contributed by atoms with E-state index in [1.807, 2.05) is 12.1 Å². The number of halogens is 1. The van der Waals surface area contributed by atoms with Crippen molar-refractivity contribution >= 4 is 11.5 Å². The monoisotopic (exact) mass is 326 g/mol. The zero-order chi connectivity index (χ0) is 16.5. The number of nitrogens with one attached hydrogen (secondary N) is 1. The lowest BCUT2D eigenvalue weighted by atomic mass is 9.93. The summed E-state index contributed by atoms with van der Waals surface area (Å²) >= 11 is 0. The van der Waals surface area contributed by atoms with E-state index >= 15 is 0 Å². The van der Waals surface area contributed by atoms with Crippen molar-refractivity contribution in [3.8, 4) is 11.3 Å². The number of aromatic nitrogens is 3. The molecule has 6 heteroatoms. The number of imidazole rings is 1. The summed E-state index contributed by atoms with van der Waals surface area (Å²) in [6.07, 6.45) is 5.11. The molecule has 1 aliphatic carbocycles. The van der Waals surface area contributed by atoms with Crippen LogP contribution < -0.4 is 5.32 Å². The van der Waals surface area contributed by atoms with Crippen molar-refractivity contribution in [3.63, 3.8) is 0 Å². The van der Waals surface area contributed by atoms with Crippen molar-refractivity contribution in [3.05, 3.63) is 48.4 Å². The second kappa shape index (κ2) is 6.20. The second-order valence-electron chi connectivity index (χ2n) is 6.29. The molecule has 0 bridgehead atoms. The van der Waals surface area contributed by atoms with E-state index in [0.29, 0.717) is 6.04 Å². The number of anilines is 1. The van der Waals surface area contributed by atoms with Crippen LogP contribution in [0.5, 0.6) is 0 Å². The predicted octanol–water partition coefficient (Wildman–Crippen LogP) is 3.25. The SMILES string of the molecule is O[C@H]1CC[C@H](Nc2ccc3ncc(-c4ccc(F)cc4)n3n2)CC1. The summed E-state index contributed by atoms with van der Waals surface area (Å²) in [6.45, 7) is 0. The predicted molar refractivity (Wildman–Crippen MR) is 90.3 cm³/mol. The molecule has 5 nitrogen and oxygen atoms in total. The summed E-state index contributed by atoms with van der Waals surface area (Å²) in [5.74, 6) is 0.521. The fraction of sp³-hybridized carbons (Fsp3) is 0.333. The van der Waals surface area contributed by atoms with Gasteiger partial charge in [0.05, 0.1) is 18.0 Å². The highest BCUT2D eigenvalue weighted by molar-refractivity contribution is 5.63. The average Bonchev–Trinajstić information content (AvgIpc) is 3.01. The van der Waals surface area contributed by atoms with Crippen LogP contribution in [0.4, 0.5) is 10.2 Å². The molecule has 0 radical (unpaired) electrons. The summed E-state index contributed by atoms with van der Waals surface area (Å²) in [4.78, 5) is 4.36. The van der Waals surface area contributed by atoms with E-state index in [0.717, 1.165) is 48.4 Å². The van der Waals surface area contributed by atoms with Gasteiger partial charge < -0.3 is 10.4 Å². The van der Waals surface area contributed by atoms with Crippen LogP contribution in [-0.4, -0.2) is 31.9 Å². The first-order valence-electron chi connectivity index (χ1n) is 8.24. The van der Waals surface area contributed by atoms with Crippen LogP contribution in [0.3, 0.4) is 0 Å². The summed E-state index contributed by atoms with van der Waals surface area (Å²) in [5.41, 5.74) is 2.45. The van der Waals surface area contributed by atoms with E-state index in [1.54, 1.807) is 22.8 Å². The first kappa shape index (κ1) is 15.1. The Morgan fingerprint density at radius 1 is 1.04 bits per heavy atom. The van der Waals surface area contributed by atoms with Gasteiger partial charge in [-0.15, -0.1) is 5.10 Å². The van der Waals surface area contributed by atoms with Gasteiger partial charge in [-0.2, -0.15) is 0 Å². The number of rotatable bonds is 3. The first-order valence-corrected chi connectivity index (χ1v) is 8.24. The molecule has 2 aromatic heterocycles. The molecule has 0 spiro atoms. The largest absolute Gasteiger partial charge is 0.393 e. The van der Waals surface area contributed by atoms with Gasteiger partial charge in [-0.3, -0.25) is 0 Å². The van der Waals surface area contributed by atoms with Gasteiger partial charge in [0.2, 0.25) is 0 Å². The molecular weight excluding hydrogens is 307 g/mol. The van der Waals surface area contributed by atoms with E-state index in [2.05, 4.69) is 15.4 Å². The fourth-order valence-corrected chi connectivity index (χ4v) is 3.20. The topological polar surface area (TPSA) is 62.5 Å². The van der Waals surface area contributed by atoms with E-state index in [1.165, 1.54) is 12.1 Å². The molecule has 3 aromatic rings. The minimum atomic E-state index is -0.262. The number of hydrogen-bond acceptors (Lipinski definition) is 4. The maximum Gasteiger partial charge on any atom is 0.154 e. The molecule has 0 saturated heterocycles. The molecule has 24 heavy (non-hydrogen) atoms. The lowest BCUT2D eigenvalue weighted by Gasteiger charge is -2.26. The third kappa shape index (κ3) is 2.97. The van der Waals surface area contributed by atoms with E-state index in [9.17, 15) is 9.50 Å². The molecule has 2 heterocycles. The molecule has 1 fully saturated rings. The number of aliphatic hydroxyl groups excluding tert-OH is 1. The normalized spacial score (nSPS) is 21.1. The number of aliphatic hydroxyl groups is 1. The van der Waals surface area contributed by atoms with Gasteiger partial charge in [-0.1, -0.05) is 0 Å². The van der Waals surface area contributed by atoms with Crippen molar-refractivity contribution in [2.24, 2.45) is 0 Å². The highest BCUT2D eigenvalue weighted by Gasteiger charge is 2.19. The van der Waals surface area contributed by atoms with Crippen LogP contribution >= 0.6 is 0 Å². The van der Waals surface area contributed by atoms with Crippen LogP contribution in [0.2, 0.25) is 0 Å². The molecule has 0 unspecified atom stereocenters. The highest BCUT2D eigenvalue weighted by atomic mass is 19.1. The number of benzene rings is 1. The summed E-state index contributed by atoms with van der Waals surface area (Å²) < 4.78 is 14.9. The van der Waals surface area contributed by atoms with Gasteiger partial charge in [0.15, 0.2) is 5.65 Å². The summed E-state index contributed by atoms with van der Waals surface area (Å²) in [5, 5.41) is 17.7. The molecule has 4 rings (SSSR count).